The summed E-state index contributed by atoms with van der Waals surface area (Å²) < 4.78 is 1.20. The molecular weight excluding hydrogens is 300 g/mol. The van der Waals surface area contributed by atoms with E-state index in [-0.39, 0.29) is 0 Å². The van der Waals surface area contributed by atoms with Gasteiger partial charge in [-0.25, -0.2) is 0 Å². The number of hydrogen-bond donors (Lipinski definition) is 1. The van der Waals surface area contributed by atoms with Crippen LogP contribution in [0.3, 0.4) is 0 Å². The van der Waals surface area contributed by atoms with Crippen LogP contribution in [0.4, 0.5) is 0 Å². The lowest BCUT2D eigenvalue weighted by Gasteiger charge is -2.34. The quantitative estimate of drug-likeness (QED) is 0.889. The van der Waals surface area contributed by atoms with Crippen LogP contribution in [-0.2, 0) is 6.54 Å². The molecule has 1 atom stereocenters. The Balaban J connectivity index is 1.79. The number of likely N-dealkylation sites (tertiary alicyclic amines) is 1. The molecule has 1 aliphatic heterocycles. The summed E-state index contributed by atoms with van der Waals surface area (Å²) in [6, 6.07) is 9.07. The normalized spacial score (nSPS) is 19.5. The molecule has 2 nitrogen and oxygen atoms in total. The number of piperidine rings is 1. The predicted molar refractivity (Wildman–Crippen MR) is 85.3 cm³/mol. The minimum Gasteiger partial charge on any atom is -0.310 e. The first kappa shape index (κ1) is 15.0. The van der Waals surface area contributed by atoms with Gasteiger partial charge in [-0.3, -0.25) is 0 Å². The van der Waals surface area contributed by atoms with Crippen LogP contribution in [0.1, 0.15) is 32.3 Å². The minimum atomic E-state index is 0.603. The Kier molecular flexibility index (Phi) is 5.86. The maximum absolute atomic E-state index is 3.69. The number of halogens is 1. The van der Waals surface area contributed by atoms with E-state index in [1.165, 1.54) is 42.5 Å². The zero-order valence-electron chi connectivity index (χ0n) is 12.0. The zero-order chi connectivity index (χ0) is 13.7. The highest BCUT2D eigenvalue weighted by Gasteiger charge is 2.22. The molecule has 3 heteroatoms. The van der Waals surface area contributed by atoms with Crippen molar-refractivity contribution in [2.45, 2.75) is 39.3 Å². The molecule has 1 aromatic rings. The molecule has 0 bridgehead atoms. The Labute approximate surface area is 125 Å². The Morgan fingerprint density at radius 2 is 2.00 bits per heavy atom. The van der Waals surface area contributed by atoms with E-state index in [1.54, 1.807) is 0 Å². The topological polar surface area (TPSA) is 15.3 Å². The van der Waals surface area contributed by atoms with Crippen molar-refractivity contribution in [1.29, 1.82) is 0 Å². The van der Waals surface area contributed by atoms with Crippen LogP contribution in [0, 0.1) is 5.92 Å². The molecule has 2 rings (SSSR count). The van der Waals surface area contributed by atoms with Gasteiger partial charge in [0.25, 0.3) is 0 Å². The molecule has 0 spiro atoms. The van der Waals surface area contributed by atoms with Gasteiger partial charge in [0, 0.05) is 17.1 Å². The predicted octanol–water partition coefficient (Wildman–Crippen LogP) is 3.66. The van der Waals surface area contributed by atoms with E-state index in [0.717, 1.165) is 12.5 Å². The molecule has 106 valence electrons. The van der Waals surface area contributed by atoms with E-state index in [9.17, 15) is 0 Å². The van der Waals surface area contributed by atoms with E-state index in [0.29, 0.717) is 6.04 Å². The second-order valence-electron chi connectivity index (χ2n) is 5.53. The average molecular weight is 325 g/mol. The van der Waals surface area contributed by atoms with Gasteiger partial charge in [-0.05, 0) is 56.9 Å². The first-order valence-electron chi connectivity index (χ1n) is 7.40. The molecule has 0 amide bonds. The van der Waals surface area contributed by atoms with Gasteiger partial charge in [0.05, 0.1) is 0 Å². The molecule has 1 N–H and O–H groups in total. The van der Waals surface area contributed by atoms with Gasteiger partial charge in [0.1, 0.15) is 0 Å². The second kappa shape index (κ2) is 7.41. The van der Waals surface area contributed by atoms with Gasteiger partial charge in [-0.2, -0.15) is 0 Å². The number of nitrogens with zero attached hydrogens (tertiary/aromatic N) is 1. The first-order chi connectivity index (χ1) is 9.20. The molecule has 1 unspecified atom stereocenters. The van der Waals surface area contributed by atoms with Crippen molar-refractivity contribution in [2.75, 3.05) is 19.6 Å². The van der Waals surface area contributed by atoms with Gasteiger partial charge in [0.2, 0.25) is 0 Å². The van der Waals surface area contributed by atoms with Crippen LogP contribution in [0.25, 0.3) is 0 Å². The Bertz CT molecular complexity index is 386. The fourth-order valence-electron chi connectivity index (χ4n) is 2.85. The summed E-state index contributed by atoms with van der Waals surface area (Å²) in [4.78, 5) is 2.55. The molecule has 1 heterocycles. The van der Waals surface area contributed by atoms with E-state index in [4.69, 9.17) is 0 Å². The smallest absolute Gasteiger partial charge is 0.0220 e. The van der Waals surface area contributed by atoms with Crippen LogP contribution in [0.15, 0.2) is 28.7 Å². The molecule has 19 heavy (non-hydrogen) atoms. The summed E-state index contributed by atoms with van der Waals surface area (Å²) >= 11 is 3.61. The summed E-state index contributed by atoms with van der Waals surface area (Å²) in [5, 5.41) is 3.69. The molecule has 0 saturated carbocycles. The summed E-state index contributed by atoms with van der Waals surface area (Å²) in [6.45, 7) is 9.28. The SMILES string of the molecule is CCN1CCC(C(C)NCc2ccccc2Br)CC1. The Morgan fingerprint density at radius 3 is 2.63 bits per heavy atom. The highest BCUT2D eigenvalue weighted by Crippen LogP contribution is 2.21. The van der Waals surface area contributed by atoms with Crippen LogP contribution < -0.4 is 5.32 Å². The first-order valence-corrected chi connectivity index (χ1v) is 8.19. The van der Waals surface area contributed by atoms with Crippen LogP contribution >= 0.6 is 15.9 Å². The van der Waals surface area contributed by atoms with Gasteiger partial charge in [-0.1, -0.05) is 41.1 Å². The highest BCUT2D eigenvalue weighted by atomic mass is 79.9. The standard InChI is InChI=1S/C16H25BrN2/c1-3-19-10-8-14(9-11-19)13(2)18-12-15-6-4-5-7-16(15)17/h4-7,13-14,18H,3,8-12H2,1-2H3. The third kappa shape index (κ3) is 4.30. The molecule has 0 radical (unpaired) electrons. The molecule has 1 aliphatic rings. The third-order valence-corrected chi connectivity index (χ3v) is 5.13. The number of hydrogen-bond acceptors (Lipinski definition) is 2. The lowest BCUT2D eigenvalue weighted by atomic mass is 9.90. The fraction of sp³-hybridized carbons (Fsp3) is 0.625. The second-order valence-corrected chi connectivity index (χ2v) is 6.39. The van der Waals surface area contributed by atoms with Crippen molar-refractivity contribution in [1.82, 2.24) is 10.2 Å². The molecule has 1 fully saturated rings. The number of benzene rings is 1. The van der Waals surface area contributed by atoms with Gasteiger partial charge < -0.3 is 10.2 Å². The van der Waals surface area contributed by atoms with E-state index >= 15 is 0 Å². The Hall–Kier alpha value is -0.380. The van der Waals surface area contributed by atoms with E-state index in [1.807, 2.05) is 0 Å². The van der Waals surface area contributed by atoms with Crippen molar-refractivity contribution < 1.29 is 0 Å². The summed E-state index contributed by atoms with van der Waals surface area (Å²) in [7, 11) is 0. The van der Waals surface area contributed by atoms with Crippen molar-refractivity contribution in [2.24, 2.45) is 5.92 Å². The maximum Gasteiger partial charge on any atom is 0.0220 e. The van der Waals surface area contributed by atoms with Crippen LogP contribution in [-0.4, -0.2) is 30.6 Å². The lowest BCUT2D eigenvalue weighted by Crippen LogP contribution is -2.41. The van der Waals surface area contributed by atoms with Crippen molar-refractivity contribution in [3.8, 4) is 0 Å². The monoisotopic (exact) mass is 324 g/mol. The highest BCUT2D eigenvalue weighted by molar-refractivity contribution is 9.10. The average Bonchev–Trinajstić information content (AvgIpc) is 2.46. The summed E-state index contributed by atoms with van der Waals surface area (Å²) in [5.41, 5.74) is 1.35. The molecule has 1 aromatic carbocycles. The maximum atomic E-state index is 3.69. The van der Waals surface area contributed by atoms with E-state index < -0.39 is 0 Å². The van der Waals surface area contributed by atoms with Crippen molar-refractivity contribution in [3.63, 3.8) is 0 Å². The summed E-state index contributed by atoms with van der Waals surface area (Å²) in [6.07, 6.45) is 2.66. The largest absolute Gasteiger partial charge is 0.310 e. The van der Waals surface area contributed by atoms with Crippen molar-refractivity contribution in [3.05, 3.63) is 34.3 Å². The lowest BCUT2D eigenvalue weighted by molar-refractivity contribution is 0.168. The van der Waals surface area contributed by atoms with Crippen LogP contribution in [0.2, 0.25) is 0 Å². The van der Waals surface area contributed by atoms with Gasteiger partial charge >= 0.3 is 0 Å². The van der Waals surface area contributed by atoms with Gasteiger partial charge in [-0.15, -0.1) is 0 Å². The number of rotatable bonds is 5. The van der Waals surface area contributed by atoms with Gasteiger partial charge in [0.15, 0.2) is 0 Å². The Morgan fingerprint density at radius 1 is 1.32 bits per heavy atom. The summed E-state index contributed by atoms with van der Waals surface area (Å²) in [5.74, 6) is 0.824. The number of nitrogens with one attached hydrogen (secondary N) is 1. The third-order valence-electron chi connectivity index (χ3n) is 4.36. The molecule has 0 aliphatic carbocycles. The van der Waals surface area contributed by atoms with Crippen molar-refractivity contribution >= 4 is 15.9 Å². The molecule has 0 aromatic heterocycles. The van der Waals surface area contributed by atoms with Crippen LogP contribution in [0.5, 0.6) is 0 Å². The minimum absolute atomic E-state index is 0.603. The zero-order valence-corrected chi connectivity index (χ0v) is 13.6. The molecule has 1 saturated heterocycles. The molecular formula is C16H25BrN2. The fourth-order valence-corrected chi connectivity index (χ4v) is 3.27. The van der Waals surface area contributed by atoms with E-state index in [2.05, 4.69) is 64.3 Å².